The quantitative estimate of drug-likeness (QED) is 0.505. The number of aromatic nitrogens is 2. The van der Waals surface area contributed by atoms with Crippen LogP contribution in [0, 0.1) is 18.3 Å². The second-order valence-electron chi connectivity index (χ2n) is 7.95. The molecule has 3 heterocycles. The van der Waals surface area contributed by atoms with E-state index in [1.165, 1.54) is 0 Å². The lowest BCUT2D eigenvalue weighted by Crippen LogP contribution is -2.35. The fraction of sp³-hybridized carbons (Fsp3) is 0.292. The van der Waals surface area contributed by atoms with Gasteiger partial charge >= 0.3 is 0 Å². The Balaban J connectivity index is 1.49. The third-order valence-electron chi connectivity index (χ3n) is 6.18. The van der Waals surface area contributed by atoms with Crippen LogP contribution in [-0.2, 0) is 7.05 Å². The van der Waals surface area contributed by atoms with Crippen LogP contribution >= 0.6 is 0 Å². The molecule has 0 N–H and O–H groups in total. The standard InChI is InChI=1S/C24H22N4O2/c1-15-6-5-8-19-22(15)30-23(26-19)16-10-12-28(13-11-16)21-17-7-3-4-9-20(17)27(2)24(29)18(21)14-25/h3-9,16H,10-13H2,1-2H3. The van der Waals surface area contributed by atoms with Crippen LogP contribution in [0.4, 0.5) is 5.69 Å². The summed E-state index contributed by atoms with van der Waals surface area (Å²) in [6.45, 7) is 3.52. The summed E-state index contributed by atoms with van der Waals surface area (Å²) in [7, 11) is 1.72. The molecule has 1 fully saturated rings. The highest BCUT2D eigenvalue weighted by molar-refractivity contribution is 5.95. The molecule has 4 aromatic rings. The lowest BCUT2D eigenvalue weighted by atomic mass is 9.95. The van der Waals surface area contributed by atoms with E-state index in [0.29, 0.717) is 0 Å². The molecule has 0 unspecified atom stereocenters. The van der Waals surface area contributed by atoms with Gasteiger partial charge in [-0.2, -0.15) is 5.26 Å². The number of oxazole rings is 1. The predicted molar refractivity (Wildman–Crippen MR) is 117 cm³/mol. The van der Waals surface area contributed by atoms with Gasteiger partial charge in [0.05, 0.1) is 11.2 Å². The van der Waals surface area contributed by atoms with Gasteiger partial charge in [-0.1, -0.05) is 30.3 Å². The first kappa shape index (κ1) is 18.4. The van der Waals surface area contributed by atoms with E-state index in [1.807, 2.05) is 49.4 Å². The molecule has 150 valence electrons. The van der Waals surface area contributed by atoms with Crippen LogP contribution in [0.2, 0.25) is 0 Å². The summed E-state index contributed by atoms with van der Waals surface area (Å²) in [5, 5.41) is 10.7. The van der Waals surface area contributed by atoms with Crippen LogP contribution in [0.1, 0.15) is 35.8 Å². The number of nitrogens with zero attached hydrogens (tertiary/aromatic N) is 4. The second kappa shape index (κ2) is 7.03. The van der Waals surface area contributed by atoms with Gasteiger partial charge in [0, 0.05) is 31.4 Å². The molecule has 2 aromatic carbocycles. The van der Waals surface area contributed by atoms with Crippen molar-refractivity contribution < 1.29 is 4.42 Å². The van der Waals surface area contributed by atoms with Crippen molar-refractivity contribution in [3.05, 3.63) is 69.8 Å². The molecule has 0 amide bonds. The Morgan fingerprint density at radius 2 is 1.90 bits per heavy atom. The lowest BCUT2D eigenvalue weighted by molar-refractivity contribution is 0.407. The number of pyridine rings is 1. The van der Waals surface area contributed by atoms with Crippen molar-refractivity contribution in [3.63, 3.8) is 0 Å². The van der Waals surface area contributed by atoms with Crippen LogP contribution in [0.25, 0.3) is 22.0 Å². The summed E-state index contributed by atoms with van der Waals surface area (Å²) in [5.74, 6) is 1.02. The van der Waals surface area contributed by atoms with Gasteiger partial charge in [0.1, 0.15) is 17.1 Å². The Kier molecular flexibility index (Phi) is 4.32. The van der Waals surface area contributed by atoms with Gasteiger partial charge in [0.15, 0.2) is 11.5 Å². The Morgan fingerprint density at radius 1 is 1.13 bits per heavy atom. The van der Waals surface area contributed by atoms with E-state index >= 15 is 0 Å². The van der Waals surface area contributed by atoms with Gasteiger partial charge in [-0.15, -0.1) is 0 Å². The maximum absolute atomic E-state index is 12.8. The minimum atomic E-state index is -0.247. The molecule has 1 aliphatic rings. The van der Waals surface area contributed by atoms with E-state index in [2.05, 4.69) is 11.0 Å². The number of rotatable bonds is 2. The fourth-order valence-corrected chi connectivity index (χ4v) is 4.54. The molecule has 6 heteroatoms. The highest BCUT2D eigenvalue weighted by Crippen LogP contribution is 2.35. The molecule has 0 atom stereocenters. The van der Waals surface area contributed by atoms with Crippen molar-refractivity contribution in [1.82, 2.24) is 9.55 Å². The van der Waals surface area contributed by atoms with Crippen LogP contribution in [0.5, 0.6) is 0 Å². The number of piperidine rings is 1. The van der Waals surface area contributed by atoms with Crippen LogP contribution < -0.4 is 10.5 Å². The minimum Gasteiger partial charge on any atom is -0.440 e. The van der Waals surface area contributed by atoms with Crippen molar-refractivity contribution in [2.45, 2.75) is 25.7 Å². The summed E-state index contributed by atoms with van der Waals surface area (Å²) < 4.78 is 7.65. The highest BCUT2D eigenvalue weighted by Gasteiger charge is 2.28. The number of hydrogen-bond donors (Lipinski definition) is 0. The zero-order valence-corrected chi connectivity index (χ0v) is 17.1. The zero-order valence-electron chi connectivity index (χ0n) is 17.1. The normalized spacial score (nSPS) is 15.0. The number of nitriles is 1. The molecule has 5 rings (SSSR count). The van der Waals surface area contributed by atoms with Crippen LogP contribution in [0.3, 0.4) is 0 Å². The van der Waals surface area contributed by atoms with Crippen molar-refractivity contribution in [2.75, 3.05) is 18.0 Å². The van der Waals surface area contributed by atoms with E-state index in [-0.39, 0.29) is 17.0 Å². The first-order chi connectivity index (χ1) is 14.6. The topological polar surface area (TPSA) is 75.1 Å². The molecular formula is C24H22N4O2. The Morgan fingerprint density at radius 3 is 2.63 bits per heavy atom. The molecule has 30 heavy (non-hydrogen) atoms. The number of anilines is 1. The average molecular weight is 398 g/mol. The van der Waals surface area contributed by atoms with E-state index in [4.69, 9.17) is 9.40 Å². The van der Waals surface area contributed by atoms with Gasteiger partial charge in [-0.05, 0) is 37.5 Å². The van der Waals surface area contributed by atoms with Crippen LogP contribution in [0.15, 0.2) is 51.7 Å². The summed E-state index contributed by atoms with van der Waals surface area (Å²) >= 11 is 0. The van der Waals surface area contributed by atoms with E-state index in [1.54, 1.807) is 11.6 Å². The minimum absolute atomic E-state index is 0.215. The van der Waals surface area contributed by atoms with Gasteiger partial charge in [0.25, 0.3) is 5.56 Å². The van der Waals surface area contributed by atoms with Gasteiger partial charge in [0.2, 0.25) is 0 Å². The smallest absolute Gasteiger partial charge is 0.270 e. The van der Waals surface area contributed by atoms with Gasteiger partial charge in [-0.3, -0.25) is 4.79 Å². The number of para-hydroxylation sites is 2. The van der Waals surface area contributed by atoms with E-state index in [0.717, 1.165) is 65.1 Å². The van der Waals surface area contributed by atoms with Crippen molar-refractivity contribution in [2.24, 2.45) is 7.05 Å². The Hall–Kier alpha value is -3.59. The summed E-state index contributed by atoms with van der Waals surface area (Å²) in [4.78, 5) is 19.7. The molecule has 0 aliphatic carbocycles. The summed E-state index contributed by atoms with van der Waals surface area (Å²) in [6.07, 6.45) is 1.72. The summed E-state index contributed by atoms with van der Waals surface area (Å²) in [6, 6.07) is 15.9. The number of hydrogen-bond acceptors (Lipinski definition) is 5. The number of fused-ring (bicyclic) bond motifs is 2. The molecule has 0 spiro atoms. The lowest BCUT2D eigenvalue weighted by Gasteiger charge is -2.33. The average Bonchev–Trinajstić information content (AvgIpc) is 3.22. The predicted octanol–water partition coefficient (Wildman–Crippen LogP) is 4.24. The highest BCUT2D eigenvalue weighted by atomic mass is 16.3. The maximum atomic E-state index is 12.8. The SMILES string of the molecule is Cc1cccc2nc(C3CCN(c4c(C#N)c(=O)n(C)c5ccccc45)CC3)oc12. The molecule has 1 saturated heterocycles. The number of benzene rings is 2. The van der Waals surface area contributed by atoms with Crippen molar-refractivity contribution in [3.8, 4) is 6.07 Å². The molecule has 6 nitrogen and oxygen atoms in total. The largest absolute Gasteiger partial charge is 0.440 e. The first-order valence-corrected chi connectivity index (χ1v) is 10.2. The molecule has 0 bridgehead atoms. The maximum Gasteiger partial charge on any atom is 0.270 e. The van der Waals surface area contributed by atoms with E-state index < -0.39 is 0 Å². The summed E-state index contributed by atoms with van der Waals surface area (Å²) in [5.41, 5.74) is 4.41. The fourth-order valence-electron chi connectivity index (χ4n) is 4.54. The van der Waals surface area contributed by atoms with Crippen molar-refractivity contribution >= 4 is 27.7 Å². The molecular weight excluding hydrogens is 376 g/mol. The molecule has 0 radical (unpaired) electrons. The Bertz CT molecular complexity index is 1370. The third-order valence-corrected chi connectivity index (χ3v) is 6.18. The molecule has 0 saturated carbocycles. The van der Waals surface area contributed by atoms with E-state index in [9.17, 15) is 10.1 Å². The Labute approximate surface area is 174 Å². The zero-order chi connectivity index (χ0) is 20.8. The number of aryl methyl sites for hydroxylation is 2. The molecule has 2 aromatic heterocycles. The monoisotopic (exact) mass is 398 g/mol. The van der Waals surface area contributed by atoms with Gasteiger partial charge in [-0.25, -0.2) is 4.98 Å². The van der Waals surface area contributed by atoms with Crippen LogP contribution in [-0.4, -0.2) is 22.6 Å². The van der Waals surface area contributed by atoms with Gasteiger partial charge < -0.3 is 13.9 Å². The molecule has 1 aliphatic heterocycles. The van der Waals surface area contributed by atoms with Crippen molar-refractivity contribution in [1.29, 1.82) is 5.26 Å². The third kappa shape index (κ3) is 2.78. The first-order valence-electron chi connectivity index (χ1n) is 10.2. The second-order valence-corrected chi connectivity index (χ2v) is 7.95.